The molecule has 4 nitrogen and oxygen atoms in total. The van der Waals surface area contributed by atoms with Gasteiger partial charge in [0, 0.05) is 18.6 Å². The third-order valence-electron chi connectivity index (χ3n) is 5.07. The van der Waals surface area contributed by atoms with E-state index in [0.29, 0.717) is 5.41 Å². The van der Waals surface area contributed by atoms with Gasteiger partial charge in [-0.15, -0.1) is 12.4 Å². The molecule has 5 heteroatoms. The summed E-state index contributed by atoms with van der Waals surface area (Å²) in [4.78, 5) is 14.7. The second-order valence-corrected chi connectivity index (χ2v) is 7.05. The minimum absolute atomic E-state index is 0. The summed E-state index contributed by atoms with van der Waals surface area (Å²) in [5, 5.41) is 6.63. The van der Waals surface area contributed by atoms with Crippen molar-refractivity contribution >= 4 is 18.3 Å². The maximum absolute atomic E-state index is 12.3. The normalized spacial score (nSPS) is 28.4. The highest BCUT2D eigenvalue weighted by Gasteiger charge is 2.42. The van der Waals surface area contributed by atoms with Crippen LogP contribution in [0.4, 0.5) is 0 Å². The van der Waals surface area contributed by atoms with E-state index in [-0.39, 0.29) is 29.9 Å². The number of nitrogens with zero attached hydrogens (tertiary/aromatic N) is 1. The van der Waals surface area contributed by atoms with Gasteiger partial charge in [0.05, 0.1) is 6.04 Å². The van der Waals surface area contributed by atoms with E-state index < -0.39 is 0 Å². The van der Waals surface area contributed by atoms with Crippen molar-refractivity contribution in [1.82, 2.24) is 15.5 Å². The molecule has 2 N–H and O–H groups in total. The smallest absolute Gasteiger partial charge is 0.237 e. The first-order chi connectivity index (χ1) is 8.87. The Hall–Kier alpha value is -0.320. The number of carbonyl (C=O) groups is 1. The van der Waals surface area contributed by atoms with Gasteiger partial charge >= 0.3 is 0 Å². The Morgan fingerprint density at radius 2 is 2.15 bits per heavy atom. The Kier molecular flexibility index (Phi) is 5.88. The number of hydrogen-bond donors (Lipinski definition) is 2. The van der Waals surface area contributed by atoms with Gasteiger partial charge in [-0.3, -0.25) is 9.69 Å². The van der Waals surface area contributed by atoms with Crippen LogP contribution in [0.15, 0.2) is 0 Å². The van der Waals surface area contributed by atoms with Crippen molar-refractivity contribution in [2.24, 2.45) is 5.41 Å². The second kappa shape index (κ2) is 6.63. The number of amides is 1. The van der Waals surface area contributed by atoms with E-state index >= 15 is 0 Å². The van der Waals surface area contributed by atoms with Gasteiger partial charge in [0.2, 0.25) is 5.91 Å². The summed E-state index contributed by atoms with van der Waals surface area (Å²) < 4.78 is 0. The van der Waals surface area contributed by atoms with Crippen molar-refractivity contribution in [2.45, 2.75) is 58.5 Å². The average Bonchev–Trinajstić information content (AvgIpc) is 2.99. The molecule has 0 aromatic carbocycles. The highest BCUT2D eigenvalue weighted by molar-refractivity contribution is 5.85. The summed E-state index contributed by atoms with van der Waals surface area (Å²) in [7, 11) is 0. The lowest BCUT2D eigenvalue weighted by molar-refractivity contribution is -0.127. The number of hydrogen-bond acceptors (Lipinski definition) is 3. The van der Waals surface area contributed by atoms with Crippen LogP contribution in [0.5, 0.6) is 0 Å². The molecule has 0 radical (unpaired) electrons. The molecule has 0 bridgehead atoms. The number of carbonyl (C=O) groups excluding carboxylic acids is 1. The zero-order valence-corrected chi connectivity index (χ0v) is 14.1. The minimum atomic E-state index is -0.0995. The molecule has 2 atom stereocenters. The number of nitrogens with one attached hydrogen (secondary N) is 2. The van der Waals surface area contributed by atoms with Crippen molar-refractivity contribution in [3.05, 3.63) is 0 Å². The van der Waals surface area contributed by atoms with Crippen LogP contribution in [-0.4, -0.2) is 48.6 Å². The van der Waals surface area contributed by atoms with E-state index in [0.717, 1.165) is 32.6 Å². The topological polar surface area (TPSA) is 44.4 Å². The number of halogens is 1. The van der Waals surface area contributed by atoms with Gasteiger partial charge in [0.1, 0.15) is 0 Å². The summed E-state index contributed by atoms with van der Waals surface area (Å²) >= 11 is 0. The average molecular weight is 304 g/mol. The van der Waals surface area contributed by atoms with E-state index in [1.165, 1.54) is 12.8 Å². The van der Waals surface area contributed by atoms with Crippen LogP contribution in [0.1, 0.15) is 47.0 Å². The summed E-state index contributed by atoms with van der Waals surface area (Å²) in [6.45, 7) is 12.7. The van der Waals surface area contributed by atoms with Crippen LogP contribution < -0.4 is 10.6 Å². The van der Waals surface area contributed by atoms with Crippen LogP contribution >= 0.6 is 12.4 Å². The molecule has 2 saturated heterocycles. The molecular formula is C15H30ClN3O. The molecule has 0 aliphatic carbocycles. The SMILES string of the molecule is CCC(C)(C)NC(=O)C(C)N1CCC2(CCNC2)C1.Cl. The predicted octanol–water partition coefficient (Wildman–Crippen LogP) is 1.79. The molecular weight excluding hydrogens is 274 g/mol. The third-order valence-corrected chi connectivity index (χ3v) is 5.07. The van der Waals surface area contributed by atoms with Crippen LogP contribution in [0.2, 0.25) is 0 Å². The van der Waals surface area contributed by atoms with Crippen LogP contribution in [0.3, 0.4) is 0 Å². The van der Waals surface area contributed by atoms with Gasteiger partial charge in [0.15, 0.2) is 0 Å². The molecule has 0 saturated carbocycles. The molecule has 2 rings (SSSR count). The zero-order valence-electron chi connectivity index (χ0n) is 13.3. The predicted molar refractivity (Wildman–Crippen MR) is 85.3 cm³/mol. The number of likely N-dealkylation sites (tertiary alicyclic amines) is 1. The van der Waals surface area contributed by atoms with Gasteiger partial charge in [-0.2, -0.15) is 0 Å². The first kappa shape index (κ1) is 17.7. The first-order valence-electron chi connectivity index (χ1n) is 7.64. The van der Waals surface area contributed by atoms with Crippen molar-refractivity contribution in [3.63, 3.8) is 0 Å². The van der Waals surface area contributed by atoms with E-state index in [9.17, 15) is 4.79 Å². The quantitative estimate of drug-likeness (QED) is 0.832. The summed E-state index contributed by atoms with van der Waals surface area (Å²) in [6, 6.07) is -0.00852. The van der Waals surface area contributed by atoms with E-state index in [4.69, 9.17) is 0 Å². The lowest BCUT2D eigenvalue weighted by Gasteiger charge is -2.31. The molecule has 20 heavy (non-hydrogen) atoms. The van der Waals surface area contributed by atoms with Crippen LogP contribution in [-0.2, 0) is 4.79 Å². The van der Waals surface area contributed by atoms with Crippen molar-refractivity contribution in [3.8, 4) is 0 Å². The lowest BCUT2D eigenvalue weighted by atomic mass is 9.86. The largest absolute Gasteiger partial charge is 0.350 e. The molecule has 118 valence electrons. The van der Waals surface area contributed by atoms with Gasteiger partial charge < -0.3 is 10.6 Å². The van der Waals surface area contributed by atoms with Crippen molar-refractivity contribution in [1.29, 1.82) is 0 Å². The van der Waals surface area contributed by atoms with Gasteiger partial charge in [-0.05, 0) is 58.5 Å². The standard InChI is InChI=1S/C15H29N3O.ClH/c1-5-14(3,4)17-13(19)12(2)18-9-7-15(11-18)6-8-16-10-15;/h12,16H,5-11H2,1-4H3,(H,17,19);1H. The lowest BCUT2D eigenvalue weighted by Crippen LogP contribution is -2.51. The monoisotopic (exact) mass is 303 g/mol. The maximum atomic E-state index is 12.3. The van der Waals surface area contributed by atoms with Crippen LogP contribution in [0, 0.1) is 5.41 Å². The fraction of sp³-hybridized carbons (Fsp3) is 0.933. The minimum Gasteiger partial charge on any atom is -0.350 e. The van der Waals surface area contributed by atoms with Crippen molar-refractivity contribution in [2.75, 3.05) is 26.2 Å². The molecule has 2 unspecified atom stereocenters. The molecule has 1 spiro atoms. The Labute approximate surface area is 129 Å². The Bertz CT molecular complexity index is 340. The van der Waals surface area contributed by atoms with Crippen molar-refractivity contribution < 1.29 is 4.79 Å². The maximum Gasteiger partial charge on any atom is 0.237 e. The fourth-order valence-corrected chi connectivity index (χ4v) is 3.14. The van der Waals surface area contributed by atoms with Crippen LogP contribution in [0.25, 0.3) is 0 Å². The summed E-state index contributed by atoms with van der Waals surface area (Å²) in [5.41, 5.74) is 0.340. The first-order valence-corrected chi connectivity index (χ1v) is 7.64. The Balaban J connectivity index is 0.00000200. The molecule has 2 aliphatic heterocycles. The summed E-state index contributed by atoms with van der Waals surface area (Å²) in [6.07, 6.45) is 3.45. The van der Waals surface area contributed by atoms with Gasteiger partial charge in [-0.25, -0.2) is 0 Å². The highest BCUT2D eigenvalue weighted by atomic mass is 35.5. The number of rotatable bonds is 4. The Morgan fingerprint density at radius 3 is 2.70 bits per heavy atom. The van der Waals surface area contributed by atoms with Gasteiger partial charge in [-0.1, -0.05) is 6.92 Å². The molecule has 1 amide bonds. The fourth-order valence-electron chi connectivity index (χ4n) is 3.14. The molecule has 0 aromatic rings. The molecule has 0 aromatic heterocycles. The molecule has 2 aliphatic rings. The summed E-state index contributed by atoms with van der Waals surface area (Å²) in [5.74, 6) is 0.176. The van der Waals surface area contributed by atoms with E-state index in [1.807, 2.05) is 6.92 Å². The second-order valence-electron chi connectivity index (χ2n) is 7.05. The Morgan fingerprint density at radius 1 is 1.45 bits per heavy atom. The van der Waals surface area contributed by atoms with E-state index in [1.54, 1.807) is 0 Å². The molecule has 2 heterocycles. The van der Waals surface area contributed by atoms with E-state index in [2.05, 4.69) is 36.3 Å². The third kappa shape index (κ3) is 3.86. The highest BCUT2D eigenvalue weighted by Crippen LogP contribution is 2.36. The molecule has 2 fully saturated rings. The zero-order chi connectivity index (χ0) is 14.1. The van der Waals surface area contributed by atoms with Gasteiger partial charge in [0.25, 0.3) is 0 Å².